The first kappa shape index (κ1) is 89.6. The van der Waals surface area contributed by atoms with Crippen molar-refractivity contribution in [2.45, 2.75) is 227 Å². The number of unbranched alkanes of at least 4 members (excludes halogenated alkanes) is 8. The molecule has 636 valence electrons. The fourth-order valence-corrected chi connectivity index (χ4v) is 15.2. The number of phenols is 3. The minimum absolute atomic E-state index is 0.0403. The Morgan fingerprint density at radius 2 is 1.29 bits per heavy atom. The molecule has 5 aromatic carbocycles. The first-order chi connectivity index (χ1) is 55.6. The zero-order valence-corrected chi connectivity index (χ0v) is 66.6. The number of benzene rings is 5. The average Bonchev–Trinajstić information content (AvgIpc) is 0.766. The van der Waals surface area contributed by atoms with Crippen molar-refractivity contribution in [3.63, 3.8) is 0 Å². The van der Waals surface area contributed by atoms with Crippen LogP contribution in [0.5, 0.6) is 46.0 Å². The zero-order chi connectivity index (χ0) is 85.0. The number of nitrogens with one attached hydrogen (secondary N) is 8. The SMILES string of the molecule is CCCCCCCCCCCC(=O)OCCN[C@@]1(C)C[C@H](O[C@H]2[C@H](Oc3c4cc5cc3Oc3ccc(cc3Cl)[C@@H](O)[C@@H](NC(=O)[C@@H](CC(C)C)NC)C(=O)NC(CC(N)=O)C(=O)N[C@H]5C(=O)N[C@H]3C(=O)N[C@H](C(=O)N[C@@H](C(=O)O)c5cc(O)cc(O)c5-c5cc3ccc5O)[C@H](O)c3ccc(c(Cl)c3)O4)O[C@H](CO)[C@@H](O)[C@@H]2O)O[C@@H](C)[C@H]1O. The highest BCUT2D eigenvalue weighted by molar-refractivity contribution is 6.32. The van der Waals surface area contributed by atoms with Crippen LogP contribution in [0.15, 0.2) is 78.9 Å². The largest absolute Gasteiger partial charge is 0.508 e. The van der Waals surface area contributed by atoms with Crippen LogP contribution in [0.1, 0.15) is 176 Å². The summed E-state index contributed by atoms with van der Waals surface area (Å²) in [7, 11) is 1.47. The van der Waals surface area contributed by atoms with Crippen LogP contribution in [0.4, 0.5) is 0 Å². The lowest BCUT2D eigenvalue weighted by Crippen LogP contribution is -2.65. The Bertz CT molecular complexity index is 4470. The standard InChI is InChI=1S/C80H101Cl2N9O26/c1-7-8-9-10-11-12-13-14-15-16-57(97)111-24-23-85-80(5)34-58(112-37(4)71(80)102)116-70-68(101)67(100)55(35-92)115-79(70)117-69-53-29-41-30-54(69)114-52-22-19-40(28-46(52)82)66(99)64-77(108)89-62(78(109)110)44-31-42(93)32-50(95)59(44)43-26-38(17-20-49(43)94)60(74(105)91-64)88-75(106)61(41)87-73(104)48(33-56(83)96)86-76(107)63(90-72(103)47(84-6)25-36(2)3)65(98)39-18-21-51(113-53)45(81)27-39/h17-22,26-32,36-37,47-48,55,58,60-68,70-71,79,84-85,92-95,98-102H,7-16,23-25,33-35H2,1-6H3,(H2,83,96)(H,86,107)(H,87,104)(H,88,106)(H,89,108)(H,90,103)(H,91,105)(H,109,110)/t37-,47+,48?,55+,58-,60+,61+,62+,63+,64-,65+,66+,67+,68-,70+,71+,79-,80-/m0/s1. The van der Waals surface area contributed by atoms with Crippen LogP contribution in [-0.2, 0) is 62.1 Å². The maximum Gasteiger partial charge on any atom is 0.330 e. The molecule has 18 atom stereocenters. The number of halogens is 2. The van der Waals surface area contributed by atoms with Crippen molar-refractivity contribution < 1.29 is 127 Å². The third kappa shape index (κ3) is 21.6. The number of amides is 7. The van der Waals surface area contributed by atoms with Crippen LogP contribution in [0.3, 0.4) is 0 Å². The molecule has 2 fully saturated rings. The van der Waals surface area contributed by atoms with E-state index in [9.17, 15) is 79.8 Å². The summed E-state index contributed by atoms with van der Waals surface area (Å²) in [6.07, 6.45) is -9.23. The predicted molar refractivity (Wildman–Crippen MR) is 416 cm³/mol. The van der Waals surface area contributed by atoms with Crippen molar-refractivity contribution in [2.75, 3.05) is 26.8 Å². The van der Waals surface area contributed by atoms with Crippen molar-refractivity contribution in [3.05, 3.63) is 117 Å². The highest BCUT2D eigenvalue weighted by atomic mass is 35.5. The van der Waals surface area contributed by atoms with Crippen LogP contribution in [0.2, 0.25) is 10.0 Å². The van der Waals surface area contributed by atoms with Gasteiger partial charge in [-0.25, -0.2) is 4.79 Å². The Labute approximate surface area is 682 Å². The molecule has 7 amide bonds. The summed E-state index contributed by atoms with van der Waals surface area (Å²) < 4.78 is 44.8. The van der Waals surface area contributed by atoms with E-state index in [0.717, 1.165) is 98.8 Å². The van der Waals surface area contributed by atoms with Gasteiger partial charge in [-0.05, 0) is 117 Å². The number of esters is 1. The number of ether oxygens (including phenoxy) is 7. The average molecular weight is 1680 g/mol. The first-order valence-corrected chi connectivity index (χ1v) is 39.4. The van der Waals surface area contributed by atoms with E-state index in [1.165, 1.54) is 45.4 Å². The number of carboxylic acids is 1. The van der Waals surface area contributed by atoms with E-state index < -0.39 is 243 Å². The molecule has 20 N–H and O–H groups in total. The van der Waals surface area contributed by atoms with Gasteiger partial charge in [0.05, 0.1) is 41.3 Å². The van der Waals surface area contributed by atoms with Crippen LogP contribution < -0.4 is 62.5 Å². The Hall–Kier alpha value is -9.73. The fourth-order valence-electron chi connectivity index (χ4n) is 14.8. The Morgan fingerprint density at radius 1 is 0.684 bits per heavy atom. The Morgan fingerprint density at radius 3 is 1.90 bits per heavy atom. The number of aliphatic hydroxyl groups excluding tert-OH is 6. The summed E-state index contributed by atoms with van der Waals surface area (Å²) in [6, 6.07) is -0.759. The second-order valence-electron chi connectivity index (χ2n) is 30.4. The molecule has 7 aliphatic rings. The van der Waals surface area contributed by atoms with Gasteiger partial charge in [0.25, 0.3) is 0 Å². The number of primary amides is 1. The maximum atomic E-state index is 16.2. The Balaban J connectivity index is 1.13. The molecule has 0 saturated carbocycles. The molecule has 35 nitrogen and oxygen atoms in total. The number of carboxylic acid groups (broad SMARTS) is 1. The van der Waals surface area contributed by atoms with E-state index in [2.05, 4.69) is 49.5 Å². The molecule has 37 heteroatoms. The van der Waals surface area contributed by atoms with E-state index in [1.807, 2.05) is 13.8 Å². The van der Waals surface area contributed by atoms with Crippen molar-refractivity contribution in [2.24, 2.45) is 11.7 Å². The summed E-state index contributed by atoms with van der Waals surface area (Å²) in [4.78, 5) is 131. The predicted octanol–water partition coefficient (Wildman–Crippen LogP) is 4.20. The summed E-state index contributed by atoms with van der Waals surface area (Å²) in [5.41, 5.74) is 1.59. The molecule has 0 radical (unpaired) electrons. The number of hydrogen-bond acceptors (Lipinski definition) is 27. The number of rotatable bonds is 27. The molecule has 7 heterocycles. The third-order valence-corrected chi connectivity index (χ3v) is 21.7. The molecule has 1 unspecified atom stereocenters. The molecule has 0 spiro atoms. The van der Waals surface area contributed by atoms with Gasteiger partial charge >= 0.3 is 11.9 Å². The highest BCUT2D eigenvalue weighted by Gasteiger charge is 2.52. The minimum Gasteiger partial charge on any atom is -0.508 e. The van der Waals surface area contributed by atoms with Crippen LogP contribution >= 0.6 is 23.2 Å². The molecule has 11 bridgehead atoms. The van der Waals surface area contributed by atoms with Gasteiger partial charge in [-0.3, -0.25) is 38.4 Å². The van der Waals surface area contributed by atoms with Crippen LogP contribution in [-0.4, -0.2) is 210 Å². The number of carbonyl (C=O) groups excluding carboxylic acids is 8. The van der Waals surface area contributed by atoms with E-state index in [4.69, 9.17) is 62.1 Å². The number of fused-ring (bicyclic) bond motifs is 15. The molecule has 0 aromatic heterocycles. The van der Waals surface area contributed by atoms with Crippen LogP contribution in [0, 0.1) is 5.92 Å². The number of phenolic OH excluding ortho intramolecular Hbond substituents is 3. The highest BCUT2D eigenvalue weighted by Crippen LogP contribution is 2.50. The van der Waals surface area contributed by atoms with Crippen molar-refractivity contribution >= 4 is 76.5 Å². The van der Waals surface area contributed by atoms with Gasteiger partial charge in [0.15, 0.2) is 29.9 Å². The number of aliphatic hydroxyl groups is 6. The topological polar surface area (TPSA) is 543 Å². The lowest BCUT2D eigenvalue weighted by Gasteiger charge is -2.48. The van der Waals surface area contributed by atoms with Gasteiger partial charge in [-0.2, -0.15) is 0 Å². The minimum atomic E-state index is -2.37. The van der Waals surface area contributed by atoms with Gasteiger partial charge in [0, 0.05) is 47.7 Å². The maximum absolute atomic E-state index is 16.2. The van der Waals surface area contributed by atoms with Gasteiger partial charge in [-0.15, -0.1) is 0 Å². The van der Waals surface area contributed by atoms with Crippen LogP contribution in [0.25, 0.3) is 11.1 Å². The van der Waals surface area contributed by atoms with Crippen molar-refractivity contribution in [1.82, 2.24) is 42.5 Å². The van der Waals surface area contributed by atoms with Gasteiger partial charge in [0.2, 0.25) is 53.4 Å². The quantitative estimate of drug-likeness (QED) is 0.0259. The lowest BCUT2D eigenvalue weighted by atomic mass is 9.85. The summed E-state index contributed by atoms with van der Waals surface area (Å²) in [6.45, 7) is 7.94. The summed E-state index contributed by atoms with van der Waals surface area (Å²) in [5, 5.41) is 136. The number of carbonyl (C=O) groups is 9. The van der Waals surface area contributed by atoms with E-state index in [0.29, 0.717) is 6.42 Å². The molecule has 7 aliphatic heterocycles. The fraction of sp³-hybridized carbons (Fsp3) is 0.512. The van der Waals surface area contributed by atoms with Gasteiger partial charge in [-0.1, -0.05) is 114 Å². The monoisotopic (exact) mass is 1670 g/mol. The molecule has 117 heavy (non-hydrogen) atoms. The molecule has 5 aromatic rings. The van der Waals surface area contributed by atoms with Gasteiger partial charge < -0.3 is 132 Å². The second kappa shape index (κ2) is 39.7. The lowest BCUT2D eigenvalue weighted by molar-refractivity contribution is -0.334. The van der Waals surface area contributed by atoms with Gasteiger partial charge in [0.1, 0.15) is 96.1 Å². The first-order valence-electron chi connectivity index (χ1n) is 38.7. The number of nitrogens with two attached hydrogens (primary N) is 1. The molecule has 2 saturated heterocycles. The number of aliphatic carboxylic acids is 1. The summed E-state index contributed by atoms with van der Waals surface area (Å²) in [5.74, 6) is -16.5. The number of aromatic hydroxyl groups is 3. The summed E-state index contributed by atoms with van der Waals surface area (Å²) >= 11 is 14.3. The molecular formula is C80H101Cl2N9O26. The zero-order valence-electron chi connectivity index (χ0n) is 65.0. The van der Waals surface area contributed by atoms with E-state index in [-0.39, 0.29) is 65.8 Å². The molecule has 0 aliphatic carbocycles. The number of likely N-dealkylation sites (N-methyl/N-ethyl adjacent to an activating group) is 1. The van der Waals surface area contributed by atoms with Crippen molar-refractivity contribution in [3.8, 4) is 57.1 Å². The van der Waals surface area contributed by atoms with E-state index >= 15 is 14.4 Å². The smallest absolute Gasteiger partial charge is 0.330 e. The normalized spacial score (nSPS) is 27.0. The van der Waals surface area contributed by atoms with E-state index in [1.54, 1.807) is 6.92 Å². The third-order valence-electron chi connectivity index (χ3n) is 21.1. The second-order valence-corrected chi connectivity index (χ2v) is 31.2. The molecular weight excluding hydrogens is 1570 g/mol. The molecule has 12 rings (SSSR count). The number of hydrogen-bond donors (Lipinski definition) is 19. The van der Waals surface area contributed by atoms with Crippen molar-refractivity contribution in [1.29, 1.82) is 0 Å². The Kier molecular flexibility index (Phi) is 30.4.